The summed E-state index contributed by atoms with van der Waals surface area (Å²) >= 11 is 6.31. The number of nitrogens with zero attached hydrogens (tertiary/aromatic N) is 1. The number of pyridine rings is 1. The van der Waals surface area contributed by atoms with E-state index in [0.29, 0.717) is 42.1 Å². The van der Waals surface area contributed by atoms with Crippen LogP contribution < -0.4 is 16.0 Å². The molecule has 3 rings (SSSR count). The number of nitrogens with one attached hydrogen (secondary N) is 1. The Morgan fingerprint density at radius 3 is 2.63 bits per heavy atom. The first-order valence-electron chi connectivity index (χ1n) is 9.19. The second-order valence-corrected chi connectivity index (χ2v) is 8.57. The van der Waals surface area contributed by atoms with E-state index < -0.39 is 6.04 Å². The molecule has 0 saturated carbocycles. The molecule has 1 aliphatic heterocycles. The van der Waals surface area contributed by atoms with Gasteiger partial charge >= 0.3 is 0 Å². The number of fused-ring (bicyclic) bond motifs is 1. The van der Waals surface area contributed by atoms with E-state index in [1.165, 1.54) is 0 Å². The number of H-pyrrole nitrogens is 1. The summed E-state index contributed by atoms with van der Waals surface area (Å²) in [5, 5.41) is 1.72. The van der Waals surface area contributed by atoms with Crippen LogP contribution in [0, 0.1) is 5.41 Å². The van der Waals surface area contributed by atoms with Crippen LogP contribution in [0.2, 0.25) is 5.02 Å². The number of hydrogen-bond donors (Lipinski definition) is 2. The summed E-state index contributed by atoms with van der Waals surface area (Å²) in [6.45, 7) is 7.13. The van der Waals surface area contributed by atoms with E-state index in [0.717, 1.165) is 5.39 Å². The van der Waals surface area contributed by atoms with Crippen LogP contribution in [0.3, 0.4) is 0 Å². The Bertz CT molecular complexity index is 895. The summed E-state index contributed by atoms with van der Waals surface area (Å²) in [6, 6.07) is 4.73. The first-order valence-corrected chi connectivity index (χ1v) is 9.56. The Morgan fingerprint density at radius 1 is 1.33 bits per heavy atom. The number of carbonyl (C=O) groups is 1. The average Bonchev–Trinajstić information content (AvgIpc) is 2.62. The van der Waals surface area contributed by atoms with E-state index in [4.69, 9.17) is 22.1 Å². The number of piperidine rings is 1. The van der Waals surface area contributed by atoms with Crippen molar-refractivity contribution in [2.24, 2.45) is 11.1 Å². The van der Waals surface area contributed by atoms with Gasteiger partial charge in [-0.1, -0.05) is 32.4 Å². The molecule has 146 valence electrons. The van der Waals surface area contributed by atoms with Gasteiger partial charge in [-0.25, -0.2) is 0 Å². The van der Waals surface area contributed by atoms with Crippen LogP contribution in [0.1, 0.15) is 33.6 Å². The van der Waals surface area contributed by atoms with Crippen LogP contribution in [-0.4, -0.2) is 41.0 Å². The first-order chi connectivity index (χ1) is 12.7. The van der Waals surface area contributed by atoms with Gasteiger partial charge in [0, 0.05) is 37.5 Å². The number of hydrogen-bond acceptors (Lipinski definition) is 4. The van der Waals surface area contributed by atoms with Gasteiger partial charge in [-0.2, -0.15) is 0 Å². The van der Waals surface area contributed by atoms with Crippen molar-refractivity contribution in [1.29, 1.82) is 0 Å². The molecule has 0 bridgehead atoms. The molecule has 1 saturated heterocycles. The molecule has 2 heterocycles. The van der Waals surface area contributed by atoms with Gasteiger partial charge < -0.3 is 20.4 Å². The number of aromatic amines is 1. The molecule has 0 spiro atoms. The lowest BCUT2D eigenvalue weighted by molar-refractivity contribution is -0.136. The summed E-state index contributed by atoms with van der Waals surface area (Å²) in [7, 11) is 0. The highest BCUT2D eigenvalue weighted by molar-refractivity contribution is 6.32. The van der Waals surface area contributed by atoms with Gasteiger partial charge in [0.15, 0.2) is 0 Å². The maximum Gasteiger partial charge on any atom is 0.255 e. The van der Waals surface area contributed by atoms with Gasteiger partial charge in [0.25, 0.3) is 5.56 Å². The molecule has 1 aromatic heterocycles. The monoisotopic (exact) mass is 391 g/mol. The van der Waals surface area contributed by atoms with Gasteiger partial charge in [-0.05, 0) is 29.0 Å². The van der Waals surface area contributed by atoms with E-state index in [1.807, 2.05) is 31.7 Å². The van der Waals surface area contributed by atoms with Crippen molar-refractivity contribution in [3.63, 3.8) is 0 Å². The third-order valence-corrected chi connectivity index (χ3v) is 5.37. The van der Waals surface area contributed by atoms with Crippen molar-refractivity contribution in [1.82, 2.24) is 9.88 Å². The minimum absolute atomic E-state index is 0.0103. The van der Waals surface area contributed by atoms with Crippen LogP contribution in [0.5, 0.6) is 5.75 Å². The Morgan fingerprint density at radius 2 is 2.00 bits per heavy atom. The molecule has 0 aliphatic carbocycles. The summed E-state index contributed by atoms with van der Waals surface area (Å²) in [6.07, 6.45) is 3.00. The van der Waals surface area contributed by atoms with E-state index in [1.54, 1.807) is 18.3 Å². The van der Waals surface area contributed by atoms with Gasteiger partial charge in [-0.15, -0.1) is 0 Å². The van der Waals surface area contributed by atoms with Crippen molar-refractivity contribution in [2.45, 2.75) is 45.8 Å². The largest absolute Gasteiger partial charge is 0.489 e. The molecule has 1 aliphatic rings. The summed E-state index contributed by atoms with van der Waals surface area (Å²) in [4.78, 5) is 28.9. The molecule has 1 fully saturated rings. The fourth-order valence-corrected chi connectivity index (χ4v) is 3.43. The fraction of sp³-hybridized carbons (Fsp3) is 0.500. The van der Waals surface area contributed by atoms with Crippen molar-refractivity contribution < 1.29 is 9.53 Å². The maximum atomic E-state index is 12.5. The smallest absolute Gasteiger partial charge is 0.255 e. The highest BCUT2D eigenvalue weighted by Crippen LogP contribution is 2.31. The molecule has 1 atom stereocenters. The third kappa shape index (κ3) is 4.28. The number of likely N-dealkylation sites (tertiary alicyclic amines) is 1. The zero-order chi connectivity index (χ0) is 19.8. The van der Waals surface area contributed by atoms with Gasteiger partial charge in [0.1, 0.15) is 11.9 Å². The zero-order valence-corrected chi connectivity index (χ0v) is 16.7. The molecule has 1 amide bonds. The Hall–Kier alpha value is -2.05. The average molecular weight is 392 g/mol. The molecular weight excluding hydrogens is 366 g/mol. The second kappa shape index (κ2) is 7.52. The first kappa shape index (κ1) is 19.7. The van der Waals surface area contributed by atoms with Gasteiger partial charge in [0.05, 0.1) is 11.1 Å². The summed E-state index contributed by atoms with van der Waals surface area (Å²) in [5.41, 5.74) is 5.66. The topological polar surface area (TPSA) is 88.4 Å². The number of amides is 1. The predicted octanol–water partition coefficient (Wildman–Crippen LogP) is 2.92. The van der Waals surface area contributed by atoms with Crippen LogP contribution >= 0.6 is 11.6 Å². The quantitative estimate of drug-likeness (QED) is 0.841. The highest BCUT2D eigenvalue weighted by atomic mass is 35.5. The minimum atomic E-state index is -0.511. The van der Waals surface area contributed by atoms with Crippen molar-refractivity contribution in [2.75, 3.05) is 13.1 Å². The van der Waals surface area contributed by atoms with Gasteiger partial charge in [-0.3, -0.25) is 9.59 Å². The predicted molar refractivity (Wildman–Crippen MR) is 107 cm³/mol. The zero-order valence-electron chi connectivity index (χ0n) is 15.9. The SMILES string of the molecule is CC(C)(C)C(N)C(=O)N1CCC(Oc2cc3cc[nH]c(=O)c3cc2Cl)CC1. The number of rotatable bonds is 3. The van der Waals surface area contributed by atoms with E-state index in [-0.39, 0.29) is 23.0 Å². The summed E-state index contributed by atoms with van der Waals surface area (Å²) < 4.78 is 6.08. The molecule has 0 radical (unpaired) electrons. The normalized spacial score (nSPS) is 17.1. The minimum Gasteiger partial charge on any atom is -0.489 e. The number of ether oxygens (including phenoxy) is 1. The molecular formula is C20H26ClN3O3. The maximum absolute atomic E-state index is 12.5. The van der Waals surface area contributed by atoms with Crippen LogP contribution in [0.4, 0.5) is 0 Å². The van der Waals surface area contributed by atoms with E-state index in [9.17, 15) is 9.59 Å². The van der Waals surface area contributed by atoms with E-state index in [2.05, 4.69) is 4.98 Å². The molecule has 1 aromatic carbocycles. The fourth-order valence-electron chi connectivity index (χ4n) is 3.22. The van der Waals surface area contributed by atoms with Crippen LogP contribution in [-0.2, 0) is 4.79 Å². The standard InChI is InChI=1S/C20H26ClN3O3/c1-20(2,3)17(22)19(26)24-8-5-13(6-9-24)27-16-10-12-4-7-23-18(25)14(12)11-15(16)21/h4,7,10-11,13,17H,5-6,8-9,22H2,1-3H3,(H,23,25). The lowest BCUT2D eigenvalue weighted by atomic mass is 9.86. The number of aromatic nitrogens is 1. The number of carbonyl (C=O) groups excluding carboxylic acids is 1. The Balaban J connectivity index is 1.66. The number of nitrogens with two attached hydrogens (primary N) is 1. The van der Waals surface area contributed by atoms with Crippen LogP contribution in [0.15, 0.2) is 29.2 Å². The molecule has 27 heavy (non-hydrogen) atoms. The third-order valence-electron chi connectivity index (χ3n) is 5.07. The summed E-state index contributed by atoms with van der Waals surface area (Å²) in [5.74, 6) is 0.551. The molecule has 2 aromatic rings. The number of halogens is 1. The Labute approximate surface area is 163 Å². The number of benzene rings is 1. The lowest BCUT2D eigenvalue weighted by Gasteiger charge is -2.36. The lowest BCUT2D eigenvalue weighted by Crippen LogP contribution is -2.53. The molecule has 1 unspecified atom stereocenters. The van der Waals surface area contributed by atoms with Crippen molar-refractivity contribution >= 4 is 28.3 Å². The molecule has 6 nitrogen and oxygen atoms in total. The Kier molecular flexibility index (Phi) is 5.49. The second-order valence-electron chi connectivity index (χ2n) is 8.16. The van der Waals surface area contributed by atoms with Crippen LogP contribution in [0.25, 0.3) is 10.8 Å². The molecule has 3 N–H and O–H groups in total. The van der Waals surface area contributed by atoms with E-state index >= 15 is 0 Å². The van der Waals surface area contributed by atoms with Gasteiger partial charge in [0.2, 0.25) is 5.91 Å². The molecule has 7 heteroatoms. The van der Waals surface area contributed by atoms with Crippen molar-refractivity contribution in [3.8, 4) is 5.75 Å². The highest BCUT2D eigenvalue weighted by Gasteiger charge is 2.33. The van der Waals surface area contributed by atoms with Crippen molar-refractivity contribution in [3.05, 3.63) is 39.8 Å².